The van der Waals surface area contributed by atoms with E-state index in [-0.39, 0.29) is 23.5 Å². The molecule has 0 aromatic carbocycles. The lowest BCUT2D eigenvalue weighted by Gasteiger charge is -2.19. The molecule has 3 N–H and O–H groups in total. The zero-order valence-corrected chi connectivity index (χ0v) is 10.4. The van der Waals surface area contributed by atoms with E-state index in [2.05, 4.69) is 10.3 Å². The van der Waals surface area contributed by atoms with Gasteiger partial charge in [-0.2, -0.15) is 0 Å². The molecule has 1 aliphatic heterocycles. The number of nitrogens with two attached hydrogens (primary N) is 1. The van der Waals surface area contributed by atoms with Crippen molar-refractivity contribution in [1.29, 1.82) is 0 Å². The van der Waals surface area contributed by atoms with E-state index in [0.29, 0.717) is 12.5 Å². The molecule has 3 rings (SSSR count). The Balaban J connectivity index is 1.72. The number of aromatic nitrogens is 1. The van der Waals surface area contributed by atoms with Crippen LogP contribution in [0.1, 0.15) is 29.6 Å². The summed E-state index contributed by atoms with van der Waals surface area (Å²) in [5.41, 5.74) is 5.30. The molecule has 2 heterocycles. The first-order valence-corrected chi connectivity index (χ1v) is 6.49. The number of amides is 1. The Morgan fingerprint density at radius 3 is 3.00 bits per heavy atom. The van der Waals surface area contributed by atoms with E-state index < -0.39 is 11.7 Å². The van der Waals surface area contributed by atoms with Gasteiger partial charge in [0.25, 0.3) is 5.91 Å². The van der Waals surface area contributed by atoms with Gasteiger partial charge in [0.1, 0.15) is 0 Å². The minimum atomic E-state index is -0.762. The average molecular weight is 265 g/mol. The van der Waals surface area contributed by atoms with Crippen LogP contribution in [0.15, 0.2) is 12.3 Å². The highest BCUT2D eigenvalue weighted by Crippen LogP contribution is 2.38. The molecule has 1 saturated heterocycles. The zero-order valence-electron chi connectivity index (χ0n) is 10.4. The van der Waals surface area contributed by atoms with Crippen molar-refractivity contribution in [1.82, 2.24) is 10.3 Å². The van der Waals surface area contributed by atoms with Crippen molar-refractivity contribution in [3.05, 3.63) is 23.6 Å². The molecule has 1 aliphatic carbocycles. The molecular formula is C13H16FN3O2. The molecule has 0 spiro atoms. The normalized spacial score (nSPS) is 26.4. The van der Waals surface area contributed by atoms with Gasteiger partial charge in [0.15, 0.2) is 11.6 Å². The number of nitrogens with one attached hydrogen (secondary N) is 1. The maximum atomic E-state index is 13.7. The predicted molar refractivity (Wildman–Crippen MR) is 66.9 cm³/mol. The van der Waals surface area contributed by atoms with Crippen molar-refractivity contribution in [3.63, 3.8) is 0 Å². The van der Waals surface area contributed by atoms with E-state index in [1.54, 1.807) is 0 Å². The van der Waals surface area contributed by atoms with Gasteiger partial charge in [-0.25, -0.2) is 9.37 Å². The summed E-state index contributed by atoms with van der Waals surface area (Å²) >= 11 is 0. The number of nitrogen functional groups attached to an aromatic ring is 1. The molecule has 6 heteroatoms. The number of pyridine rings is 1. The summed E-state index contributed by atoms with van der Waals surface area (Å²) in [4.78, 5) is 15.7. The zero-order chi connectivity index (χ0) is 13.4. The van der Waals surface area contributed by atoms with Gasteiger partial charge in [-0.1, -0.05) is 0 Å². The second kappa shape index (κ2) is 4.77. The first kappa shape index (κ1) is 12.3. The molecule has 0 bridgehead atoms. The van der Waals surface area contributed by atoms with E-state index in [1.165, 1.54) is 12.3 Å². The van der Waals surface area contributed by atoms with Crippen LogP contribution in [0.4, 0.5) is 10.2 Å². The van der Waals surface area contributed by atoms with Crippen molar-refractivity contribution in [3.8, 4) is 0 Å². The Morgan fingerprint density at radius 2 is 2.26 bits per heavy atom. The van der Waals surface area contributed by atoms with Crippen LogP contribution in [-0.2, 0) is 4.74 Å². The number of carbonyl (C=O) groups excluding carboxylic acids is 1. The smallest absolute Gasteiger partial charge is 0.254 e. The SMILES string of the molecule is Nc1nccc(C(=O)NC2CCOC2C2CC2)c1F. The maximum Gasteiger partial charge on any atom is 0.254 e. The van der Waals surface area contributed by atoms with Crippen LogP contribution in [-0.4, -0.2) is 29.6 Å². The summed E-state index contributed by atoms with van der Waals surface area (Å²) < 4.78 is 19.3. The summed E-state index contributed by atoms with van der Waals surface area (Å²) in [6.45, 7) is 0.646. The van der Waals surface area contributed by atoms with Gasteiger partial charge in [-0.3, -0.25) is 4.79 Å². The fraction of sp³-hybridized carbons (Fsp3) is 0.538. The Hall–Kier alpha value is -1.69. The van der Waals surface area contributed by atoms with Gasteiger partial charge in [-0.05, 0) is 31.2 Å². The van der Waals surface area contributed by atoms with Crippen molar-refractivity contribution < 1.29 is 13.9 Å². The second-order valence-electron chi connectivity index (χ2n) is 5.10. The quantitative estimate of drug-likeness (QED) is 0.858. The number of hydrogen-bond donors (Lipinski definition) is 2. The van der Waals surface area contributed by atoms with Crippen LogP contribution in [0.2, 0.25) is 0 Å². The van der Waals surface area contributed by atoms with Crippen LogP contribution in [0, 0.1) is 11.7 Å². The Morgan fingerprint density at radius 1 is 1.47 bits per heavy atom. The van der Waals surface area contributed by atoms with Gasteiger partial charge >= 0.3 is 0 Å². The Bertz CT molecular complexity index is 505. The third-order valence-electron chi connectivity index (χ3n) is 3.70. The fourth-order valence-electron chi connectivity index (χ4n) is 2.54. The van der Waals surface area contributed by atoms with Gasteiger partial charge < -0.3 is 15.8 Å². The topological polar surface area (TPSA) is 77.2 Å². The van der Waals surface area contributed by atoms with Gasteiger partial charge in [0, 0.05) is 12.8 Å². The first-order chi connectivity index (χ1) is 9.16. The molecule has 19 heavy (non-hydrogen) atoms. The molecule has 1 aromatic heterocycles. The lowest BCUT2D eigenvalue weighted by Crippen LogP contribution is -2.41. The monoisotopic (exact) mass is 265 g/mol. The molecule has 2 aliphatic rings. The summed E-state index contributed by atoms with van der Waals surface area (Å²) in [6.07, 6.45) is 4.47. The molecule has 5 nitrogen and oxygen atoms in total. The van der Waals surface area contributed by atoms with E-state index in [0.717, 1.165) is 19.3 Å². The second-order valence-corrected chi connectivity index (χ2v) is 5.10. The molecule has 1 amide bonds. The highest BCUT2D eigenvalue weighted by Gasteiger charge is 2.41. The first-order valence-electron chi connectivity index (χ1n) is 6.49. The Kier molecular flexibility index (Phi) is 3.10. The van der Waals surface area contributed by atoms with Crippen LogP contribution in [0.25, 0.3) is 0 Å². The third-order valence-corrected chi connectivity index (χ3v) is 3.70. The summed E-state index contributed by atoms with van der Waals surface area (Å²) in [5.74, 6) is -0.927. The standard InChI is InChI=1S/C13H16FN3O2/c14-10-8(3-5-16-12(10)15)13(18)17-9-4-6-19-11(9)7-1-2-7/h3,5,7,9,11H,1-2,4,6H2,(H2,15,16)(H,17,18). The minimum absolute atomic E-state index is 0.0335. The van der Waals surface area contributed by atoms with Crippen LogP contribution in [0.3, 0.4) is 0 Å². The highest BCUT2D eigenvalue weighted by atomic mass is 19.1. The summed E-state index contributed by atoms with van der Waals surface area (Å²) in [5, 5.41) is 2.85. The molecule has 0 radical (unpaired) electrons. The fourth-order valence-corrected chi connectivity index (χ4v) is 2.54. The van der Waals surface area contributed by atoms with Crippen LogP contribution < -0.4 is 11.1 Å². The number of ether oxygens (including phenoxy) is 1. The van der Waals surface area contributed by atoms with E-state index in [9.17, 15) is 9.18 Å². The molecule has 1 aromatic rings. The van der Waals surface area contributed by atoms with E-state index in [1.807, 2.05) is 0 Å². The molecule has 2 unspecified atom stereocenters. The summed E-state index contributed by atoms with van der Waals surface area (Å²) in [6, 6.07) is 1.30. The molecule has 102 valence electrons. The molecule has 2 fully saturated rings. The largest absolute Gasteiger partial charge is 0.381 e. The summed E-state index contributed by atoms with van der Waals surface area (Å²) in [7, 11) is 0. The average Bonchev–Trinajstić information content (AvgIpc) is 3.13. The van der Waals surface area contributed by atoms with E-state index >= 15 is 0 Å². The van der Waals surface area contributed by atoms with Crippen molar-refractivity contribution >= 4 is 11.7 Å². The minimum Gasteiger partial charge on any atom is -0.381 e. The Labute approximate surface area is 110 Å². The number of rotatable bonds is 3. The number of halogens is 1. The third kappa shape index (κ3) is 2.40. The van der Waals surface area contributed by atoms with E-state index in [4.69, 9.17) is 10.5 Å². The lowest BCUT2D eigenvalue weighted by molar-refractivity contribution is 0.0727. The van der Waals surface area contributed by atoms with Crippen LogP contribution in [0.5, 0.6) is 0 Å². The number of nitrogens with zero attached hydrogens (tertiary/aromatic N) is 1. The van der Waals surface area contributed by atoms with Gasteiger partial charge in [0.2, 0.25) is 0 Å². The predicted octanol–water partition coefficient (Wildman–Crippen LogP) is 1.10. The molecule has 2 atom stereocenters. The molecule has 1 saturated carbocycles. The van der Waals surface area contributed by atoms with Crippen molar-refractivity contribution in [2.24, 2.45) is 5.92 Å². The van der Waals surface area contributed by atoms with Gasteiger partial charge in [-0.15, -0.1) is 0 Å². The number of anilines is 1. The maximum absolute atomic E-state index is 13.7. The number of hydrogen-bond acceptors (Lipinski definition) is 4. The van der Waals surface area contributed by atoms with Gasteiger partial charge in [0.05, 0.1) is 17.7 Å². The van der Waals surface area contributed by atoms with Crippen molar-refractivity contribution in [2.45, 2.75) is 31.4 Å². The molecular weight excluding hydrogens is 249 g/mol. The highest BCUT2D eigenvalue weighted by molar-refractivity contribution is 5.95. The van der Waals surface area contributed by atoms with Crippen molar-refractivity contribution in [2.75, 3.05) is 12.3 Å². The number of carbonyl (C=O) groups is 1. The van der Waals surface area contributed by atoms with Crippen LogP contribution >= 0.6 is 0 Å². The lowest BCUT2D eigenvalue weighted by atomic mass is 10.1.